The first-order chi connectivity index (χ1) is 9.49. The molecule has 0 saturated carbocycles. The third-order valence-electron chi connectivity index (χ3n) is 2.66. The average molecular weight is 330 g/mol. The number of carbonyl (C=O) groups excluding carboxylic acids is 1. The molecule has 0 aliphatic heterocycles. The van der Waals surface area contributed by atoms with Crippen molar-refractivity contribution >= 4 is 52.2 Å². The second kappa shape index (κ2) is 6.35. The second-order valence-corrected chi connectivity index (χ2v) is 5.30. The monoisotopic (exact) mass is 328 g/mol. The van der Waals surface area contributed by atoms with E-state index in [1.54, 1.807) is 24.3 Å². The zero-order valence-electron chi connectivity index (χ0n) is 10.5. The van der Waals surface area contributed by atoms with Crippen LogP contribution in [0.2, 0.25) is 15.1 Å². The number of hydrogen-bond donors (Lipinski definition) is 2. The molecule has 2 rings (SSSR count). The Morgan fingerprint density at radius 2 is 1.60 bits per heavy atom. The molecule has 0 spiro atoms. The topological polar surface area (TPSA) is 41.1 Å². The maximum Gasteiger partial charge on any atom is 0.323 e. The van der Waals surface area contributed by atoms with Gasteiger partial charge in [0.15, 0.2) is 0 Å². The lowest BCUT2D eigenvalue weighted by atomic mass is 10.2. The van der Waals surface area contributed by atoms with Crippen LogP contribution in [0.4, 0.5) is 16.2 Å². The second-order valence-electron chi connectivity index (χ2n) is 4.11. The zero-order valence-corrected chi connectivity index (χ0v) is 12.8. The Labute approximate surface area is 131 Å². The summed E-state index contributed by atoms with van der Waals surface area (Å²) in [6.45, 7) is 1.86. The Morgan fingerprint density at radius 1 is 0.950 bits per heavy atom. The van der Waals surface area contributed by atoms with E-state index in [1.807, 2.05) is 19.1 Å². The van der Waals surface area contributed by atoms with E-state index in [0.717, 1.165) is 5.56 Å². The normalized spacial score (nSPS) is 10.2. The smallest absolute Gasteiger partial charge is 0.306 e. The number of urea groups is 1. The molecule has 0 radical (unpaired) electrons. The molecule has 2 N–H and O–H groups in total. The lowest BCUT2D eigenvalue weighted by Gasteiger charge is -2.12. The minimum absolute atomic E-state index is 0.292. The fraction of sp³-hybridized carbons (Fsp3) is 0.0714. The number of halogens is 3. The predicted octanol–water partition coefficient (Wildman–Crippen LogP) is 5.60. The van der Waals surface area contributed by atoms with Crippen LogP contribution in [0.15, 0.2) is 36.4 Å². The van der Waals surface area contributed by atoms with Gasteiger partial charge < -0.3 is 10.6 Å². The number of rotatable bonds is 2. The maximum atomic E-state index is 12.0. The molecule has 0 bridgehead atoms. The van der Waals surface area contributed by atoms with Crippen LogP contribution in [0, 0.1) is 6.92 Å². The van der Waals surface area contributed by atoms with Gasteiger partial charge in [-0.3, -0.25) is 0 Å². The third-order valence-corrected chi connectivity index (χ3v) is 3.79. The van der Waals surface area contributed by atoms with Crippen LogP contribution >= 0.6 is 34.8 Å². The summed E-state index contributed by atoms with van der Waals surface area (Å²) in [5.41, 5.74) is 1.86. The van der Waals surface area contributed by atoms with E-state index in [1.165, 1.54) is 0 Å². The van der Waals surface area contributed by atoms with E-state index < -0.39 is 6.03 Å². The molecule has 2 aromatic rings. The number of nitrogens with one attached hydrogen (secondary N) is 2. The molecular weight excluding hydrogens is 319 g/mol. The molecule has 6 heteroatoms. The Morgan fingerprint density at radius 3 is 2.30 bits per heavy atom. The van der Waals surface area contributed by atoms with Crippen molar-refractivity contribution in [1.29, 1.82) is 0 Å². The van der Waals surface area contributed by atoms with E-state index in [-0.39, 0.29) is 0 Å². The summed E-state index contributed by atoms with van der Waals surface area (Å²) in [6, 6.07) is 9.94. The van der Waals surface area contributed by atoms with E-state index in [9.17, 15) is 4.79 Å². The molecule has 2 aromatic carbocycles. The molecule has 20 heavy (non-hydrogen) atoms. The van der Waals surface area contributed by atoms with Crippen LogP contribution < -0.4 is 10.6 Å². The van der Waals surface area contributed by atoms with Gasteiger partial charge in [0, 0.05) is 0 Å². The molecule has 0 aliphatic rings. The van der Waals surface area contributed by atoms with Gasteiger partial charge in [-0.05, 0) is 30.7 Å². The molecule has 0 saturated heterocycles. The quantitative estimate of drug-likeness (QED) is 0.740. The first-order valence-electron chi connectivity index (χ1n) is 5.76. The lowest BCUT2D eigenvalue weighted by Crippen LogP contribution is -2.20. The summed E-state index contributed by atoms with van der Waals surface area (Å²) in [7, 11) is 0. The van der Waals surface area contributed by atoms with Crippen molar-refractivity contribution in [2.24, 2.45) is 0 Å². The summed E-state index contributed by atoms with van der Waals surface area (Å²) in [5.74, 6) is 0. The van der Waals surface area contributed by atoms with Crippen LogP contribution in [0.1, 0.15) is 5.56 Å². The van der Waals surface area contributed by atoms with Gasteiger partial charge in [0.1, 0.15) is 0 Å². The third kappa shape index (κ3) is 3.37. The highest BCUT2D eigenvalue weighted by molar-refractivity contribution is 6.44. The number of amides is 2. The minimum atomic E-state index is -0.439. The molecule has 104 valence electrons. The van der Waals surface area contributed by atoms with Gasteiger partial charge in [-0.25, -0.2) is 4.79 Å². The fourth-order valence-electron chi connectivity index (χ4n) is 1.66. The van der Waals surface area contributed by atoms with Crippen molar-refractivity contribution in [3.05, 3.63) is 57.0 Å². The highest BCUT2D eigenvalue weighted by atomic mass is 35.5. The molecule has 0 unspecified atom stereocenters. The van der Waals surface area contributed by atoms with Crippen LogP contribution in [0.5, 0.6) is 0 Å². The SMILES string of the molecule is Cc1cccc(Cl)c1NC(=O)Nc1cccc(Cl)c1Cl. The minimum Gasteiger partial charge on any atom is -0.306 e. The molecule has 2 amide bonds. The van der Waals surface area contributed by atoms with E-state index in [4.69, 9.17) is 34.8 Å². The van der Waals surface area contributed by atoms with Crippen molar-refractivity contribution in [2.75, 3.05) is 10.6 Å². The summed E-state index contributed by atoms with van der Waals surface area (Å²) in [5, 5.41) is 6.45. The number of aryl methyl sites for hydroxylation is 1. The van der Waals surface area contributed by atoms with Gasteiger partial charge in [-0.1, -0.05) is 53.0 Å². The summed E-state index contributed by atoms with van der Waals surface area (Å²) in [4.78, 5) is 12.0. The summed E-state index contributed by atoms with van der Waals surface area (Å²) < 4.78 is 0. The maximum absolute atomic E-state index is 12.0. The van der Waals surface area contributed by atoms with Gasteiger partial charge >= 0.3 is 6.03 Å². The summed E-state index contributed by atoms with van der Waals surface area (Å²) >= 11 is 17.9. The van der Waals surface area contributed by atoms with Crippen molar-refractivity contribution in [2.45, 2.75) is 6.92 Å². The Bertz CT molecular complexity index is 639. The zero-order chi connectivity index (χ0) is 14.7. The molecule has 0 atom stereocenters. The number of hydrogen-bond acceptors (Lipinski definition) is 1. The van der Waals surface area contributed by atoms with E-state index >= 15 is 0 Å². The van der Waals surface area contributed by atoms with Crippen molar-refractivity contribution < 1.29 is 4.79 Å². The molecule has 3 nitrogen and oxygen atoms in total. The molecule has 0 fully saturated rings. The highest BCUT2D eigenvalue weighted by Gasteiger charge is 2.11. The molecule has 0 heterocycles. The number of para-hydroxylation sites is 1. The Kier molecular flexibility index (Phi) is 4.76. The van der Waals surface area contributed by atoms with Crippen LogP contribution in [0.3, 0.4) is 0 Å². The number of anilines is 2. The molecular formula is C14H11Cl3N2O. The Hall–Kier alpha value is -1.42. The van der Waals surface area contributed by atoms with Gasteiger partial charge in [0.05, 0.1) is 26.4 Å². The largest absolute Gasteiger partial charge is 0.323 e. The Balaban J connectivity index is 2.16. The standard InChI is InChI=1S/C14H11Cl3N2O/c1-8-4-2-6-10(16)13(8)19-14(20)18-11-7-3-5-9(15)12(11)17/h2-7H,1H3,(H2,18,19,20). The van der Waals surface area contributed by atoms with Gasteiger partial charge in [-0.2, -0.15) is 0 Å². The van der Waals surface area contributed by atoms with Crippen LogP contribution in [-0.4, -0.2) is 6.03 Å². The molecule has 0 aromatic heterocycles. The first-order valence-corrected chi connectivity index (χ1v) is 6.89. The highest BCUT2D eigenvalue weighted by Crippen LogP contribution is 2.30. The summed E-state index contributed by atoms with van der Waals surface area (Å²) in [6.07, 6.45) is 0. The molecule has 0 aliphatic carbocycles. The van der Waals surface area contributed by atoms with Crippen LogP contribution in [-0.2, 0) is 0 Å². The van der Waals surface area contributed by atoms with E-state index in [2.05, 4.69) is 10.6 Å². The van der Waals surface area contributed by atoms with Crippen LogP contribution in [0.25, 0.3) is 0 Å². The lowest BCUT2D eigenvalue weighted by molar-refractivity contribution is 0.262. The van der Waals surface area contributed by atoms with Gasteiger partial charge in [-0.15, -0.1) is 0 Å². The number of benzene rings is 2. The van der Waals surface area contributed by atoms with E-state index in [0.29, 0.717) is 26.4 Å². The number of carbonyl (C=O) groups is 1. The predicted molar refractivity (Wildman–Crippen MR) is 85.3 cm³/mol. The fourth-order valence-corrected chi connectivity index (χ4v) is 2.27. The van der Waals surface area contributed by atoms with Gasteiger partial charge in [0.25, 0.3) is 0 Å². The van der Waals surface area contributed by atoms with Crippen molar-refractivity contribution in [3.8, 4) is 0 Å². The average Bonchev–Trinajstić information content (AvgIpc) is 2.39. The van der Waals surface area contributed by atoms with Gasteiger partial charge in [0.2, 0.25) is 0 Å². The van der Waals surface area contributed by atoms with Crippen molar-refractivity contribution in [3.63, 3.8) is 0 Å². The van der Waals surface area contributed by atoms with Crippen molar-refractivity contribution in [1.82, 2.24) is 0 Å². The first kappa shape index (κ1) is 15.0.